The summed E-state index contributed by atoms with van der Waals surface area (Å²) in [4.78, 5) is 30.7. The lowest BCUT2D eigenvalue weighted by molar-refractivity contribution is -0.169. The van der Waals surface area contributed by atoms with Gasteiger partial charge in [-0.1, -0.05) is 57.1 Å². The van der Waals surface area contributed by atoms with Gasteiger partial charge in [0.1, 0.15) is 6.61 Å². The van der Waals surface area contributed by atoms with E-state index in [-0.39, 0.29) is 12.2 Å². The van der Waals surface area contributed by atoms with E-state index in [9.17, 15) is 14.7 Å². The third kappa shape index (κ3) is 2.64. The second-order valence-electron chi connectivity index (χ2n) is 9.13. The minimum absolute atomic E-state index is 0.112. The lowest BCUT2D eigenvalue weighted by Gasteiger charge is -2.32. The average Bonchev–Trinajstić information content (AvgIpc) is 3.16. The highest BCUT2D eigenvalue weighted by Gasteiger charge is 2.44. The number of fused-ring (bicyclic) bond motifs is 5. The van der Waals surface area contributed by atoms with Gasteiger partial charge in [-0.15, -0.1) is 0 Å². The summed E-state index contributed by atoms with van der Waals surface area (Å²) in [6, 6.07) is 13.4. The van der Waals surface area contributed by atoms with E-state index in [0.717, 1.165) is 34.9 Å². The molecule has 1 N–H and O–H groups in total. The lowest BCUT2D eigenvalue weighted by atomic mass is 9.90. The fourth-order valence-corrected chi connectivity index (χ4v) is 9.85. The van der Waals surface area contributed by atoms with Gasteiger partial charge in [0, 0.05) is 5.56 Å². The minimum atomic E-state index is -1.85. The summed E-state index contributed by atoms with van der Waals surface area (Å²) in [7, 11) is -1.83. The maximum absolute atomic E-state index is 13.5. The predicted octanol–water partition coefficient (Wildman–Crippen LogP) is 3.41. The molecule has 1 atom stereocenters. The summed E-state index contributed by atoms with van der Waals surface area (Å²) >= 11 is 0. The molecule has 32 heavy (non-hydrogen) atoms. The standard InChI is InChI=1S/C25H28N2O4Si/c1-5-32(6-2,7-3)22-15-10-8-9-11-19(15)26-21-16(22)13-27-20(21)12-18-17(23(27)28)14-31-24(29)25(18,4)30/h8-12,30H,5-7,13-14H2,1-4H3/t25-/m0/s1. The second kappa shape index (κ2) is 7.12. The molecule has 4 heterocycles. The number of nitrogens with zero attached hydrogens (tertiary/aromatic N) is 2. The van der Waals surface area contributed by atoms with E-state index in [0.29, 0.717) is 23.4 Å². The van der Waals surface area contributed by atoms with E-state index in [1.807, 2.05) is 12.1 Å². The molecule has 0 saturated carbocycles. The van der Waals surface area contributed by atoms with Crippen LogP contribution < -0.4 is 10.7 Å². The molecular formula is C25H28N2O4Si. The van der Waals surface area contributed by atoms with Gasteiger partial charge < -0.3 is 14.4 Å². The van der Waals surface area contributed by atoms with Crippen molar-refractivity contribution in [2.24, 2.45) is 0 Å². The third-order valence-electron chi connectivity index (χ3n) is 7.78. The fraction of sp³-hybridized carbons (Fsp3) is 0.400. The van der Waals surface area contributed by atoms with Crippen molar-refractivity contribution in [3.05, 3.63) is 57.4 Å². The first-order valence-electron chi connectivity index (χ1n) is 11.4. The van der Waals surface area contributed by atoms with E-state index in [1.165, 1.54) is 17.5 Å². The van der Waals surface area contributed by atoms with Crippen molar-refractivity contribution in [3.63, 3.8) is 0 Å². The molecule has 7 heteroatoms. The number of aromatic nitrogens is 2. The van der Waals surface area contributed by atoms with Crippen molar-refractivity contribution >= 4 is 30.1 Å². The quantitative estimate of drug-likeness (QED) is 0.382. The van der Waals surface area contributed by atoms with Crippen LogP contribution in [0.15, 0.2) is 35.1 Å². The molecule has 3 aromatic rings. The molecule has 0 fully saturated rings. The minimum Gasteiger partial charge on any atom is -0.458 e. The largest absolute Gasteiger partial charge is 0.458 e. The monoisotopic (exact) mass is 448 g/mol. The van der Waals surface area contributed by atoms with Crippen LogP contribution in [-0.2, 0) is 28.3 Å². The van der Waals surface area contributed by atoms with E-state index >= 15 is 0 Å². The number of carbonyl (C=O) groups excluding carboxylic acids is 1. The first kappa shape index (κ1) is 21.1. The number of benzene rings is 1. The topological polar surface area (TPSA) is 81.4 Å². The van der Waals surface area contributed by atoms with Crippen LogP contribution in [0.3, 0.4) is 0 Å². The van der Waals surface area contributed by atoms with Crippen molar-refractivity contribution in [2.75, 3.05) is 0 Å². The van der Waals surface area contributed by atoms with Crippen LogP contribution in [0.4, 0.5) is 0 Å². The van der Waals surface area contributed by atoms with Gasteiger partial charge in [0.25, 0.3) is 5.56 Å². The molecule has 0 spiro atoms. The molecule has 5 rings (SSSR count). The number of pyridine rings is 2. The van der Waals surface area contributed by atoms with Gasteiger partial charge in [0.05, 0.1) is 37.1 Å². The molecule has 2 aromatic heterocycles. The zero-order chi connectivity index (χ0) is 22.8. The van der Waals surface area contributed by atoms with Crippen LogP contribution >= 0.6 is 0 Å². The van der Waals surface area contributed by atoms with Crippen molar-refractivity contribution in [3.8, 4) is 11.4 Å². The maximum atomic E-state index is 13.5. The SMILES string of the molecule is CC[Si](CC)(CC)c1c2c(nc3ccccc13)-c1cc3c(c(=O)n1C2)COC(=O)[C@@]3(C)O. The molecule has 2 aliphatic heterocycles. The second-order valence-corrected chi connectivity index (χ2v) is 14.3. The van der Waals surface area contributed by atoms with Crippen molar-refractivity contribution in [1.29, 1.82) is 0 Å². The number of para-hydroxylation sites is 1. The van der Waals surface area contributed by atoms with Crippen molar-refractivity contribution < 1.29 is 14.6 Å². The number of hydrogen-bond acceptors (Lipinski definition) is 5. The Morgan fingerprint density at radius 2 is 1.81 bits per heavy atom. The molecule has 0 aliphatic carbocycles. The maximum Gasteiger partial charge on any atom is 0.342 e. The Labute approximate surface area is 187 Å². The predicted molar refractivity (Wildman–Crippen MR) is 127 cm³/mol. The average molecular weight is 449 g/mol. The Balaban J connectivity index is 1.87. The Morgan fingerprint density at radius 3 is 2.50 bits per heavy atom. The number of rotatable bonds is 4. The van der Waals surface area contributed by atoms with Crippen molar-refractivity contribution in [1.82, 2.24) is 9.55 Å². The van der Waals surface area contributed by atoms with Gasteiger partial charge in [-0.2, -0.15) is 0 Å². The van der Waals surface area contributed by atoms with E-state index in [1.54, 1.807) is 10.6 Å². The first-order chi connectivity index (χ1) is 15.3. The van der Waals surface area contributed by atoms with Gasteiger partial charge >= 0.3 is 5.97 Å². The molecule has 2 aliphatic rings. The van der Waals surface area contributed by atoms with Gasteiger partial charge in [0.2, 0.25) is 0 Å². The van der Waals surface area contributed by atoms with Crippen LogP contribution in [0.5, 0.6) is 0 Å². The number of hydrogen-bond donors (Lipinski definition) is 1. The van der Waals surface area contributed by atoms with E-state index < -0.39 is 19.6 Å². The Kier molecular flexibility index (Phi) is 4.69. The summed E-state index contributed by atoms with van der Waals surface area (Å²) in [5, 5.41) is 13.4. The van der Waals surface area contributed by atoms with Gasteiger partial charge in [0.15, 0.2) is 5.60 Å². The van der Waals surface area contributed by atoms with Gasteiger partial charge in [-0.25, -0.2) is 9.78 Å². The number of esters is 1. The molecule has 1 aromatic carbocycles. The Morgan fingerprint density at radius 1 is 1.12 bits per heavy atom. The van der Waals surface area contributed by atoms with Crippen LogP contribution in [0, 0.1) is 0 Å². The molecule has 0 saturated heterocycles. The van der Waals surface area contributed by atoms with Crippen LogP contribution in [0.25, 0.3) is 22.3 Å². The molecule has 6 nitrogen and oxygen atoms in total. The zero-order valence-corrected chi connectivity index (χ0v) is 20.0. The first-order valence-corrected chi connectivity index (χ1v) is 14.0. The smallest absolute Gasteiger partial charge is 0.342 e. The van der Waals surface area contributed by atoms with Gasteiger partial charge in [-0.05, 0) is 35.2 Å². The summed E-state index contributed by atoms with van der Waals surface area (Å²) in [5.41, 5.74) is 2.17. The van der Waals surface area contributed by atoms with Gasteiger partial charge in [-0.3, -0.25) is 4.79 Å². The van der Waals surface area contributed by atoms with Crippen LogP contribution in [0.2, 0.25) is 18.1 Å². The highest BCUT2D eigenvalue weighted by Crippen LogP contribution is 2.38. The molecular weight excluding hydrogens is 420 g/mol. The summed E-state index contributed by atoms with van der Waals surface area (Å²) in [5.74, 6) is -0.728. The van der Waals surface area contributed by atoms with Crippen LogP contribution in [-0.4, -0.2) is 28.7 Å². The normalized spacial score (nSPS) is 19.5. The number of ether oxygens (including phenoxy) is 1. The molecule has 0 amide bonds. The number of aliphatic hydroxyl groups is 1. The zero-order valence-electron chi connectivity index (χ0n) is 19.0. The fourth-order valence-electron chi connectivity index (χ4n) is 5.67. The third-order valence-corrected chi connectivity index (χ3v) is 13.5. The van der Waals surface area contributed by atoms with E-state index in [2.05, 4.69) is 32.9 Å². The summed E-state index contributed by atoms with van der Waals surface area (Å²) < 4.78 is 6.86. The highest BCUT2D eigenvalue weighted by molar-refractivity contribution is 6.93. The number of carbonyl (C=O) groups is 1. The van der Waals surface area contributed by atoms with Crippen LogP contribution in [0.1, 0.15) is 44.4 Å². The summed E-state index contributed by atoms with van der Waals surface area (Å²) in [6.07, 6.45) is 0. The molecule has 0 radical (unpaired) electrons. The summed E-state index contributed by atoms with van der Waals surface area (Å²) in [6.45, 7) is 8.60. The molecule has 0 unspecified atom stereocenters. The number of cyclic esters (lactones) is 1. The molecule has 0 bridgehead atoms. The highest BCUT2D eigenvalue weighted by atomic mass is 28.3. The van der Waals surface area contributed by atoms with Crippen molar-refractivity contribution in [2.45, 2.75) is 64.6 Å². The Bertz CT molecular complexity index is 1330. The lowest BCUT2D eigenvalue weighted by Crippen LogP contribution is -2.48. The Hall–Kier alpha value is -2.77. The molecule has 166 valence electrons. The van der Waals surface area contributed by atoms with E-state index in [4.69, 9.17) is 9.72 Å².